The maximum absolute atomic E-state index is 2.46. The van der Waals surface area contributed by atoms with Crippen LogP contribution in [0.15, 0.2) is 212 Å². The monoisotopic (exact) mass is 715 g/mol. The van der Waals surface area contributed by atoms with Gasteiger partial charge in [0.15, 0.2) is 0 Å². The molecule has 0 aliphatic heterocycles. The second-order valence-corrected chi connectivity index (χ2v) is 15.4. The van der Waals surface area contributed by atoms with Crippen molar-refractivity contribution in [2.24, 2.45) is 0 Å². The van der Waals surface area contributed by atoms with Crippen molar-refractivity contribution < 1.29 is 0 Å². The van der Waals surface area contributed by atoms with Gasteiger partial charge in [0, 0.05) is 22.5 Å². The molecular weight excluding hydrogens is 675 g/mol. The average Bonchev–Trinajstić information content (AvgIpc) is 3.50. The molecule has 9 aromatic carbocycles. The highest BCUT2D eigenvalue weighted by Gasteiger charge is 2.38. The van der Waals surface area contributed by atoms with Gasteiger partial charge in [-0.05, 0) is 120 Å². The minimum Gasteiger partial charge on any atom is -0.310 e. The van der Waals surface area contributed by atoms with Gasteiger partial charge in [-0.2, -0.15) is 0 Å². The van der Waals surface area contributed by atoms with Crippen LogP contribution >= 0.6 is 0 Å². The second kappa shape index (κ2) is 13.7. The van der Waals surface area contributed by atoms with E-state index < -0.39 is 0 Å². The van der Waals surface area contributed by atoms with Gasteiger partial charge in [0.25, 0.3) is 0 Å². The fourth-order valence-corrected chi connectivity index (χ4v) is 8.93. The average molecular weight is 716 g/mol. The summed E-state index contributed by atoms with van der Waals surface area (Å²) in [5, 5.41) is 2.51. The Morgan fingerprint density at radius 1 is 0.321 bits per heavy atom. The van der Waals surface area contributed by atoms with Crippen molar-refractivity contribution in [1.82, 2.24) is 0 Å². The van der Waals surface area contributed by atoms with Crippen LogP contribution in [0.1, 0.15) is 25.0 Å². The molecule has 0 bridgehead atoms. The molecule has 10 rings (SSSR count). The van der Waals surface area contributed by atoms with Crippen LogP contribution < -0.4 is 4.90 Å². The third kappa shape index (κ3) is 5.81. The summed E-state index contributed by atoms with van der Waals surface area (Å²) in [6.07, 6.45) is 0. The summed E-state index contributed by atoms with van der Waals surface area (Å²) in [4.78, 5) is 2.46. The van der Waals surface area contributed by atoms with Crippen LogP contribution in [0.25, 0.3) is 66.4 Å². The molecule has 0 saturated carbocycles. The summed E-state index contributed by atoms with van der Waals surface area (Å²) >= 11 is 0. The molecule has 0 spiro atoms. The van der Waals surface area contributed by atoms with E-state index in [1.807, 2.05) is 0 Å². The highest BCUT2D eigenvalue weighted by Crippen LogP contribution is 2.54. The summed E-state index contributed by atoms with van der Waals surface area (Å²) in [6.45, 7) is 4.76. The lowest BCUT2D eigenvalue weighted by Crippen LogP contribution is -2.17. The molecule has 266 valence electrons. The van der Waals surface area contributed by atoms with Crippen molar-refractivity contribution in [3.05, 3.63) is 223 Å². The standard InChI is InChI=1S/C55H41N/c1-55(2)53-28-15-14-26-50(53)52-37-47(36-51(54(52)55)41-21-10-5-11-22-41)56(45-31-29-42(30-32-45)49-27-16-24-40-23-12-13-25-48(40)49)46-34-43(38-17-6-3-7-18-38)33-44(35-46)39-19-8-4-9-20-39/h3-37H,1-2H3. The van der Waals surface area contributed by atoms with E-state index in [1.54, 1.807) is 0 Å². The first kappa shape index (κ1) is 33.6. The molecule has 56 heavy (non-hydrogen) atoms. The fourth-order valence-electron chi connectivity index (χ4n) is 8.93. The lowest BCUT2D eigenvalue weighted by atomic mass is 9.78. The van der Waals surface area contributed by atoms with Crippen LogP contribution in [0.4, 0.5) is 17.1 Å². The van der Waals surface area contributed by atoms with E-state index in [9.17, 15) is 0 Å². The summed E-state index contributed by atoms with van der Waals surface area (Å²) in [5.41, 5.74) is 18.2. The first-order valence-electron chi connectivity index (χ1n) is 19.5. The number of rotatable bonds is 7. The van der Waals surface area contributed by atoms with E-state index >= 15 is 0 Å². The Hall–Kier alpha value is -6.96. The maximum Gasteiger partial charge on any atom is 0.0474 e. The van der Waals surface area contributed by atoms with E-state index in [0.29, 0.717) is 0 Å². The number of hydrogen-bond donors (Lipinski definition) is 0. The van der Waals surface area contributed by atoms with Gasteiger partial charge >= 0.3 is 0 Å². The zero-order valence-electron chi connectivity index (χ0n) is 31.7. The largest absolute Gasteiger partial charge is 0.310 e. The van der Waals surface area contributed by atoms with E-state index in [1.165, 1.54) is 77.5 Å². The Morgan fingerprint density at radius 2 is 0.821 bits per heavy atom. The molecule has 1 aliphatic rings. The van der Waals surface area contributed by atoms with E-state index in [-0.39, 0.29) is 5.41 Å². The lowest BCUT2D eigenvalue weighted by Gasteiger charge is -2.30. The summed E-state index contributed by atoms with van der Waals surface area (Å²) in [6, 6.07) is 77.7. The van der Waals surface area contributed by atoms with Crippen molar-refractivity contribution in [1.29, 1.82) is 0 Å². The van der Waals surface area contributed by atoms with Gasteiger partial charge in [-0.15, -0.1) is 0 Å². The van der Waals surface area contributed by atoms with Crippen molar-refractivity contribution in [3.63, 3.8) is 0 Å². The normalized spacial score (nSPS) is 12.6. The third-order valence-electron chi connectivity index (χ3n) is 11.6. The zero-order chi connectivity index (χ0) is 37.6. The zero-order valence-corrected chi connectivity index (χ0v) is 31.7. The number of benzene rings is 9. The van der Waals surface area contributed by atoms with Crippen molar-refractivity contribution in [2.45, 2.75) is 19.3 Å². The van der Waals surface area contributed by atoms with Gasteiger partial charge < -0.3 is 4.90 Å². The molecule has 0 fully saturated rings. The molecule has 0 amide bonds. The molecular formula is C55H41N. The Kier molecular flexibility index (Phi) is 8.23. The predicted molar refractivity (Wildman–Crippen MR) is 238 cm³/mol. The van der Waals surface area contributed by atoms with E-state index in [0.717, 1.165) is 17.1 Å². The van der Waals surface area contributed by atoms with Crippen LogP contribution in [-0.2, 0) is 5.41 Å². The topological polar surface area (TPSA) is 3.24 Å². The minimum atomic E-state index is -0.158. The van der Waals surface area contributed by atoms with E-state index in [4.69, 9.17) is 0 Å². The van der Waals surface area contributed by atoms with Gasteiger partial charge in [-0.3, -0.25) is 0 Å². The Morgan fingerprint density at radius 3 is 1.50 bits per heavy atom. The fraction of sp³-hybridized carbons (Fsp3) is 0.0545. The van der Waals surface area contributed by atoms with Gasteiger partial charge in [-0.25, -0.2) is 0 Å². The molecule has 0 N–H and O–H groups in total. The third-order valence-corrected chi connectivity index (χ3v) is 11.6. The Labute approximate surface area is 329 Å². The molecule has 0 atom stereocenters. The number of nitrogens with zero attached hydrogens (tertiary/aromatic N) is 1. The lowest BCUT2D eigenvalue weighted by molar-refractivity contribution is 0.662. The van der Waals surface area contributed by atoms with Crippen molar-refractivity contribution >= 4 is 27.8 Å². The smallest absolute Gasteiger partial charge is 0.0474 e. The Bertz CT molecular complexity index is 2790. The minimum absolute atomic E-state index is 0.158. The number of anilines is 3. The summed E-state index contributed by atoms with van der Waals surface area (Å²) in [5.74, 6) is 0. The van der Waals surface area contributed by atoms with Gasteiger partial charge in [0.1, 0.15) is 0 Å². The molecule has 0 heterocycles. The number of fused-ring (bicyclic) bond motifs is 4. The van der Waals surface area contributed by atoms with Crippen molar-refractivity contribution in [3.8, 4) is 55.6 Å². The molecule has 0 radical (unpaired) electrons. The van der Waals surface area contributed by atoms with Crippen LogP contribution in [-0.4, -0.2) is 0 Å². The molecule has 1 aliphatic carbocycles. The van der Waals surface area contributed by atoms with Crippen LogP contribution in [0.5, 0.6) is 0 Å². The summed E-state index contributed by atoms with van der Waals surface area (Å²) < 4.78 is 0. The summed E-state index contributed by atoms with van der Waals surface area (Å²) in [7, 11) is 0. The van der Waals surface area contributed by atoms with Crippen LogP contribution in [0.2, 0.25) is 0 Å². The predicted octanol–water partition coefficient (Wildman–Crippen LogP) is 15.3. The number of hydrogen-bond acceptors (Lipinski definition) is 1. The van der Waals surface area contributed by atoms with Gasteiger partial charge in [0.2, 0.25) is 0 Å². The van der Waals surface area contributed by atoms with Crippen molar-refractivity contribution in [2.75, 3.05) is 4.90 Å². The van der Waals surface area contributed by atoms with Gasteiger partial charge in [-0.1, -0.05) is 184 Å². The highest BCUT2D eigenvalue weighted by atomic mass is 15.1. The molecule has 0 unspecified atom stereocenters. The Balaban J connectivity index is 1.24. The first-order chi connectivity index (χ1) is 27.5. The van der Waals surface area contributed by atoms with Gasteiger partial charge in [0.05, 0.1) is 0 Å². The second-order valence-electron chi connectivity index (χ2n) is 15.4. The first-order valence-corrected chi connectivity index (χ1v) is 19.5. The highest BCUT2D eigenvalue weighted by molar-refractivity contribution is 5.98. The quantitative estimate of drug-likeness (QED) is 0.159. The SMILES string of the molecule is CC1(C)c2ccccc2-c2cc(N(c3ccc(-c4cccc5ccccc45)cc3)c3cc(-c4ccccc4)cc(-c4ccccc4)c3)cc(-c3ccccc3)c21. The van der Waals surface area contributed by atoms with Crippen LogP contribution in [0, 0.1) is 0 Å². The molecule has 9 aromatic rings. The molecule has 1 nitrogen and oxygen atoms in total. The molecule has 0 aromatic heterocycles. The van der Waals surface area contributed by atoms with Crippen LogP contribution in [0.3, 0.4) is 0 Å². The maximum atomic E-state index is 2.46. The van der Waals surface area contributed by atoms with E-state index in [2.05, 4.69) is 231 Å². The molecule has 0 saturated heterocycles. The molecule has 1 heteroatoms.